The van der Waals surface area contributed by atoms with Gasteiger partial charge >= 0.3 is 0 Å². The number of methoxy groups -OCH3 is 1. The van der Waals surface area contributed by atoms with Crippen molar-refractivity contribution in [1.82, 2.24) is 15.0 Å². The summed E-state index contributed by atoms with van der Waals surface area (Å²) in [7, 11) is 1.68. The highest BCUT2D eigenvalue weighted by Crippen LogP contribution is 2.52. The number of carbonyl (C=O) groups is 1. The maximum absolute atomic E-state index is 13.5. The molecule has 0 radical (unpaired) electrons. The first-order chi connectivity index (χ1) is 16.4. The normalized spacial score (nSPS) is 34.5. The van der Waals surface area contributed by atoms with Gasteiger partial charge in [0.15, 0.2) is 5.78 Å². The van der Waals surface area contributed by atoms with Crippen LogP contribution in [0.5, 0.6) is 0 Å². The first kappa shape index (κ1) is 23.9. The van der Waals surface area contributed by atoms with E-state index in [2.05, 4.69) is 10.2 Å². The van der Waals surface area contributed by atoms with Crippen LogP contribution >= 0.6 is 0 Å². The van der Waals surface area contributed by atoms with Crippen molar-refractivity contribution < 1.29 is 19.0 Å². The smallest absolute Gasteiger partial charge is 0.159 e. The van der Waals surface area contributed by atoms with Gasteiger partial charge in [-0.1, -0.05) is 19.3 Å². The second-order valence-corrected chi connectivity index (χ2v) is 11.2. The van der Waals surface area contributed by atoms with E-state index in [9.17, 15) is 14.3 Å². The molecule has 0 amide bonds. The standard InChI is InChI=1S/C27H38FN3O3/c1-34-17-27(33)13-12-23-20(15-27)9-8-18-4-2-5-19(6-3-7-22(18)23)26(32)16-31-29-24-11-10-21(28)14-25(24)30-31/h10-11,14,18-20,22-23,33H,2-9,12-13,15-17H2,1H3. The number of aliphatic hydroxyl groups is 1. The van der Waals surface area contributed by atoms with Crippen molar-refractivity contribution in [2.75, 3.05) is 13.7 Å². The lowest BCUT2D eigenvalue weighted by Gasteiger charge is -2.50. The van der Waals surface area contributed by atoms with Crippen molar-refractivity contribution in [3.63, 3.8) is 0 Å². The predicted octanol–water partition coefficient (Wildman–Crippen LogP) is 4.93. The average Bonchev–Trinajstić information content (AvgIpc) is 3.23. The summed E-state index contributed by atoms with van der Waals surface area (Å²) in [4.78, 5) is 14.6. The van der Waals surface area contributed by atoms with Crippen LogP contribution in [0.15, 0.2) is 18.2 Å². The van der Waals surface area contributed by atoms with Crippen LogP contribution in [0.1, 0.15) is 70.6 Å². The molecule has 0 spiro atoms. The highest BCUT2D eigenvalue weighted by atomic mass is 19.1. The summed E-state index contributed by atoms with van der Waals surface area (Å²) in [6.45, 7) is 0.611. The van der Waals surface area contributed by atoms with Gasteiger partial charge in [-0.3, -0.25) is 4.79 Å². The molecule has 6 nitrogen and oxygen atoms in total. The monoisotopic (exact) mass is 471 g/mol. The molecule has 7 heteroatoms. The molecule has 1 N–H and O–H groups in total. The van der Waals surface area contributed by atoms with Crippen LogP contribution in [0.3, 0.4) is 0 Å². The number of aromatic nitrogens is 3. The van der Waals surface area contributed by atoms with Gasteiger partial charge in [0.1, 0.15) is 23.4 Å². The summed E-state index contributed by atoms with van der Waals surface area (Å²) in [6.07, 6.45) is 11.8. The largest absolute Gasteiger partial charge is 0.387 e. The Morgan fingerprint density at radius 3 is 2.62 bits per heavy atom. The third-order valence-electron chi connectivity index (χ3n) is 9.02. The molecule has 6 atom stereocenters. The van der Waals surface area contributed by atoms with Crippen molar-refractivity contribution in [2.24, 2.45) is 29.6 Å². The number of benzene rings is 1. The summed E-state index contributed by atoms with van der Waals surface area (Å²) in [5.74, 6) is 2.73. The fraction of sp³-hybridized carbons (Fsp3) is 0.741. The average molecular weight is 472 g/mol. The van der Waals surface area contributed by atoms with Gasteiger partial charge < -0.3 is 9.84 Å². The summed E-state index contributed by atoms with van der Waals surface area (Å²) in [5, 5.41) is 19.6. The Morgan fingerprint density at radius 2 is 1.79 bits per heavy atom. The zero-order valence-electron chi connectivity index (χ0n) is 20.3. The minimum absolute atomic E-state index is 0.0555. The first-order valence-corrected chi connectivity index (χ1v) is 13.2. The van der Waals surface area contributed by atoms with Crippen LogP contribution in [-0.2, 0) is 16.1 Å². The van der Waals surface area contributed by atoms with Crippen molar-refractivity contribution in [1.29, 1.82) is 0 Å². The molecule has 1 heterocycles. The number of ketones is 1. The lowest BCUT2D eigenvalue weighted by Crippen LogP contribution is -2.47. The van der Waals surface area contributed by atoms with Crippen molar-refractivity contribution in [3.8, 4) is 0 Å². The Kier molecular flexibility index (Phi) is 7.03. The molecule has 2 aromatic rings. The van der Waals surface area contributed by atoms with Gasteiger partial charge in [0, 0.05) is 19.1 Å². The third kappa shape index (κ3) is 5.06. The molecular weight excluding hydrogens is 433 g/mol. The zero-order chi connectivity index (χ0) is 23.7. The quantitative estimate of drug-likeness (QED) is 0.669. The molecule has 1 aromatic carbocycles. The number of Topliss-reactive ketones (excluding diaryl/α,β-unsaturated/α-hetero) is 1. The summed E-state index contributed by atoms with van der Waals surface area (Å²) in [6, 6.07) is 4.34. The van der Waals surface area contributed by atoms with Crippen LogP contribution < -0.4 is 0 Å². The number of hydrogen-bond donors (Lipinski definition) is 1. The van der Waals surface area contributed by atoms with Gasteiger partial charge in [-0.15, -0.1) is 0 Å². The molecule has 0 saturated heterocycles. The molecule has 186 valence electrons. The number of hydrogen-bond acceptors (Lipinski definition) is 5. The van der Waals surface area contributed by atoms with E-state index in [0.717, 1.165) is 56.8 Å². The summed E-state index contributed by atoms with van der Waals surface area (Å²) in [5.41, 5.74) is 0.466. The molecule has 0 bridgehead atoms. The van der Waals surface area contributed by atoms with E-state index in [-0.39, 0.29) is 24.1 Å². The van der Waals surface area contributed by atoms with Gasteiger partial charge in [-0.2, -0.15) is 15.0 Å². The number of carbonyl (C=O) groups excluding carboxylic acids is 1. The van der Waals surface area contributed by atoms with E-state index in [0.29, 0.717) is 29.5 Å². The molecule has 1 aromatic heterocycles. The fourth-order valence-corrected chi connectivity index (χ4v) is 7.46. The molecule has 6 unspecified atom stereocenters. The SMILES string of the molecule is COCC1(O)CCC2C(CCC3CCCC(C(=O)Cn4nc5ccc(F)cc5n4)CCCC32)C1. The van der Waals surface area contributed by atoms with Gasteiger partial charge in [-0.25, -0.2) is 4.39 Å². The predicted molar refractivity (Wildman–Crippen MR) is 128 cm³/mol. The van der Waals surface area contributed by atoms with Crippen LogP contribution in [0.4, 0.5) is 4.39 Å². The molecule has 3 fully saturated rings. The minimum atomic E-state index is -0.643. The van der Waals surface area contributed by atoms with E-state index in [1.54, 1.807) is 13.2 Å². The molecule has 0 aliphatic heterocycles. The van der Waals surface area contributed by atoms with E-state index in [1.165, 1.54) is 42.6 Å². The van der Waals surface area contributed by atoms with E-state index >= 15 is 0 Å². The van der Waals surface area contributed by atoms with E-state index in [1.807, 2.05) is 0 Å². The van der Waals surface area contributed by atoms with E-state index < -0.39 is 5.60 Å². The fourth-order valence-electron chi connectivity index (χ4n) is 7.46. The minimum Gasteiger partial charge on any atom is -0.387 e. The van der Waals surface area contributed by atoms with Crippen LogP contribution in [0.2, 0.25) is 0 Å². The lowest BCUT2D eigenvalue weighted by atomic mass is 9.57. The molecule has 3 aliphatic rings. The maximum atomic E-state index is 13.5. The molecule has 3 saturated carbocycles. The lowest BCUT2D eigenvalue weighted by molar-refractivity contribution is -0.124. The van der Waals surface area contributed by atoms with Crippen molar-refractivity contribution in [3.05, 3.63) is 24.0 Å². The summed E-state index contributed by atoms with van der Waals surface area (Å²) < 4.78 is 18.8. The maximum Gasteiger partial charge on any atom is 0.159 e. The molecule has 34 heavy (non-hydrogen) atoms. The Balaban J connectivity index is 1.20. The Labute approximate surface area is 201 Å². The Hall–Kier alpha value is -1.86. The Bertz CT molecular complexity index is 1010. The third-order valence-corrected chi connectivity index (χ3v) is 9.02. The molecule has 3 aliphatic carbocycles. The first-order valence-electron chi connectivity index (χ1n) is 13.2. The van der Waals surface area contributed by atoms with Crippen LogP contribution in [0, 0.1) is 35.4 Å². The Morgan fingerprint density at radius 1 is 1.06 bits per heavy atom. The van der Waals surface area contributed by atoms with Crippen LogP contribution in [-0.4, -0.2) is 45.2 Å². The highest BCUT2D eigenvalue weighted by molar-refractivity contribution is 5.81. The topological polar surface area (TPSA) is 77.2 Å². The zero-order valence-corrected chi connectivity index (χ0v) is 20.3. The van der Waals surface area contributed by atoms with E-state index in [4.69, 9.17) is 4.74 Å². The van der Waals surface area contributed by atoms with Gasteiger partial charge in [0.05, 0.1) is 12.2 Å². The number of fused-ring (bicyclic) bond motifs is 4. The van der Waals surface area contributed by atoms with Crippen LogP contribution in [0.25, 0.3) is 11.0 Å². The van der Waals surface area contributed by atoms with Gasteiger partial charge in [0.25, 0.3) is 0 Å². The van der Waals surface area contributed by atoms with Crippen molar-refractivity contribution in [2.45, 2.75) is 82.8 Å². The van der Waals surface area contributed by atoms with Gasteiger partial charge in [-0.05, 0) is 87.2 Å². The molecule has 5 rings (SSSR count). The van der Waals surface area contributed by atoms with Gasteiger partial charge in [0.2, 0.25) is 0 Å². The highest BCUT2D eigenvalue weighted by Gasteiger charge is 2.46. The van der Waals surface area contributed by atoms with Crippen molar-refractivity contribution >= 4 is 16.8 Å². The second-order valence-electron chi connectivity index (χ2n) is 11.2. The summed E-state index contributed by atoms with van der Waals surface area (Å²) >= 11 is 0. The number of rotatable bonds is 5. The number of nitrogens with zero attached hydrogens (tertiary/aromatic N) is 3. The number of halogens is 1. The second kappa shape index (κ2) is 10.0. The molecular formula is C27H38FN3O3. The number of ether oxygens (including phenoxy) is 1.